The number of thioether (sulfide) groups is 1. The molecule has 0 saturated heterocycles. The van der Waals surface area contributed by atoms with Gasteiger partial charge in [-0.2, -0.15) is 0 Å². The van der Waals surface area contributed by atoms with Crippen molar-refractivity contribution in [1.29, 1.82) is 0 Å². The van der Waals surface area contributed by atoms with E-state index in [9.17, 15) is 4.39 Å². The number of halogens is 2. The Hall–Kier alpha value is -0.0600. The first-order chi connectivity index (χ1) is 6.24. The van der Waals surface area contributed by atoms with Gasteiger partial charge < -0.3 is 0 Å². The summed E-state index contributed by atoms with van der Waals surface area (Å²) in [6.07, 6.45) is 1.89. The van der Waals surface area contributed by atoms with Gasteiger partial charge in [-0.3, -0.25) is 0 Å². The molecule has 13 heavy (non-hydrogen) atoms. The van der Waals surface area contributed by atoms with E-state index in [2.05, 4.69) is 15.9 Å². The minimum Gasteiger partial charge on any atom is -0.206 e. The van der Waals surface area contributed by atoms with Crippen molar-refractivity contribution in [3.05, 3.63) is 27.8 Å². The Balaban J connectivity index is 2.85. The van der Waals surface area contributed by atoms with Crippen molar-refractivity contribution in [3.63, 3.8) is 0 Å². The molecule has 0 aliphatic heterocycles. The van der Waals surface area contributed by atoms with Crippen LogP contribution < -0.4 is 0 Å². The number of hydrogen-bond acceptors (Lipinski definition) is 2. The summed E-state index contributed by atoms with van der Waals surface area (Å²) in [5.41, 5.74) is 0. The summed E-state index contributed by atoms with van der Waals surface area (Å²) in [4.78, 5) is 0.744. The second kappa shape index (κ2) is 3.59. The van der Waals surface area contributed by atoms with E-state index in [1.165, 1.54) is 17.8 Å². The van der Waals surface area contributed by atoms with Crippen LogP contribution in [0.25, 0.3) is 10.1 Å². The fourth-order valence-corrected chi connectivity index (χ4v) is 3.76. The zero-order chi connectivity index (χ0) is 9.42. The maximum Gasteiger partial charge on any atom is 0.138 e. The highest BCUT2D eigenvalue weighted by Crippen LogP contribution is 2.37. The molecule has 0 saturated carbocycles. The van der Waals surface area contributed by atoms with Crippen LogP contribution in [0.2, 0.25) is 0 Å². The molecule has 1 aromatic carbocycles. The van der Waals surface area contributed by atoms with Gasteiger partial charge in [-0.15, -0.1) is 23.1 Å². The van der Waals surface area contributed by atoms with Crippen LogP contribution in [0, 0.1) is 5.82 Å². The van der Waals surface area contributed by atoms with E-state index in [-0.39, 0.29) is 5.82 Å². The van der Waals surface area contributed by atoms with Crippen LogP contribution in [0.4, 0.5) is 4.39 Å². The Morgan fingerprint density at radius 3 is 2.92 bits per heavy atom. The standard InChI is InChI=1S/C9H6BrFS2/c1-12-9-7(11)3-2-5-6(10)4-13-8(5)9/h2-4H,1H3. The van der Waals surface area contributed by atoms with Crippen LogP contribution in [0.3, 0.4) is 0 Å². The number of hydrogen-bond donors (Lipinski definition) is 0. The number of fused-ring (bicyclic) bond motifs is 1. The molecule has 0 aliphatic carbocycles. The molecule has 1 aromatic heterocycles. The lowest BCUT2D eigenvalue weighted by atomic mass is 10.2. The van der Waals surface area contributed by atoms with Gasteiger partial charge in [-0.25, -0.2) is 4.39 Å². The van der Waals surface area contributed by atoms with Crippen molar-refractivity contribution in [2.75, 3.05) is 6.26 Å². The van der Waals surface area contributed by atoms with Gasteiger partial charge in [0.2, 0.25) is 0 Å². The van der Waals surface area contributed by atoms with Crippen LogP contribution in [0.5, 0.6) is 0 Å². The average Bonchev–Trinajstić information content (AvgIpc) is 2.48. The Bertz CT molecular complexity index is 450. The SMILES string of the molecule is CSc1c(F)ccc2c(Br)csc12. The van der Waals surface area contributed by atoms with E-state index in [4.69, 9.17) is 0 Å². The van der Waals surface area contributed by atoms with Gasteiger partial charge in [0.1, 0.15) is 5.82 Å². The minimum atomic E-state index is -0.130. The lowest BCUT2D eigenvalue weighted by Gasteiger charge is -2.00. The zero-order valence-electron chi connectivity index (χ0n) is 6.80. The zero-order valence-corrected chi connectivity index (χ0v) is 10.0. The highest BCUT2D eigenvalue weighted by Gasteiger charge is 2.09. The molecule has 4 heteroatoms. The quantitative estimate of drug-likeness (QED) is 0.690. The lowest BCUT2D eigenvalue weighted by Crippen LogP contribution is -1.79. The third-order valence-corrected chi connectivity index (χ3v) is 4.71. The highest BCUT2D eigenvalue weighted by atomic mass is 79.9. The van der Waals surface area contributed by atoms with Gasteiger partial charge in [0.25, 0.3) is 0 Å². The molecule has 0 radical (unpaired) electrons. The molecule has 0 nitrogen and oxygen atoms in total. The van der Waals surface area contributed by atoms with Crippen LogP contribution in [0.15, 0.2) is 26.9 Å². The number of thiophene rings is 1. The van der Waals surface area contributed by atoms with Crippen molar-refractivity contribution in [3.8, 4) is 0 Å². The smallest absolute Gasteiger partial charge is 0.138 e. The molecule has 0 spiro atoms. The Morgan fingerprint density at radius 1 is 1.46 bits per heavy atom. The first-order valence-electron chi connectivity index (χ1n) is 3.63. The largest absolute Gasteiger partial charge is 0.206 e. The summed E-state index contributed by atoms with van der Waals surface area (Å²) < 4.78 is 15.4. The molecular formula is C9H6BrFS2. The summed E-state index contributed by atoms with van der Waals surface area (Å²) >= 11 is 6.46. The maximum atomic E-state index is 13.3. The van der Waals surface area contributed by atoms with Gasteiger partial charge in [0.15, 0.2) is 0 Å². The Labute approximate surface area is 92.3 Å². The van der Waals surface area contributed by atoms with Crippen LogP contribution in [-0.4, -0.2) is 6.26 Å². The van der Waals surface area contributed by atoms with E-state index in [1.807, 2.05) is 17.7 Å². The topological polar surface area (TPSA) is 0 Å². The molecule has 2 rings (SSSR count). The highest BCUT2D eigenvalue weighted by molar-refractivity contribution is 9.10. The van der Waals surface area contributed by atoms with E-state index in [1.54, 1.807) is 11.3 Å². The molecule has 1 heterocycles. The third kappa shape index (κ3) is 1.51. The fourth-order valence-electron chi connectivity index (χ4n) is 1.21. The lowest BCUT2D eigenvalue weighted by molar-refractivity contribution is 0.606. The summed E-state index contributed by atoms with van der Waals surface area (Å²) in [5, 5.41) is 3.08. The molecule has 0 unspecified atom stereocenters. The molecule has 0 N–H and O–H groups in total. The third-order valence-electron chi connectivity index (χ3n) is 1.81. The molecule has 0 bridgehead atoms. The van der Waals surface area contributed by atoms with Gasteiger partial charge in [-0.05, 0) is 34.3 Å². The molecule has 68 valence electrons. The monoisotopic (exact) mass is 276 g/mol. The molecule has 0 aliphatic rings. The van der Waals surface area contributed by atoms with Crippen molar-refractivity contribution < 1.29 is 4.39 Å². The molecule has 0 amide bonds. The molecule has 0 fully saturated rings. The molecule has 0 atom stereocenters. The second-order valence-corrected chi connectivity index (χ2v) is 5.09. The van der Waals surface area contributed by atoms with E-state index in [0.29, 0.717) is 0 Å². The summed E-state index contributed by atoms with van der Waals surface area (Å²) in [6.45, 7) is 0. The number of rotatable bonds is 1. The predicted molar refractivity (Wildman–Crippen MR) is 61.3 cm³/mol. The van der Waals surface area contributed by atoms with Crippen molar-refractivity contribution >= 4 is 49.1 Å². The normalized spacial score (nSPS) is 11.0. The summed E-state index contributed by atoms with van der Waals surface area (Å²) in [6, 6.07) is 3.33. The Kier molecular flexibility index (Phi) is 2.62. The van der Waals surface area contributed by atoms with Gasteiger partial charge in [0.05, 0.1) is 9.60 Å². The van der Waals surface area contributed by atoms with Crippen LogP contribution in [0.1, 0.15) is 0 Å². The van der Waals surface area contributed by atoms with Gasteiger partial charge in [0, 0.05) is 15.2 Å². The van der Waals surface area contributed by atoms with Crippen molar-refractivity contribution in [2.24, 2.45) is 0 Å². The fraction of sp³-hybridized carbons (Fsp3) is 0.111. The Morgan fingerprint density at radius 2 is 2.23 bits per heavy atom. The summed E-state index contributed by atoms with van der Waals surface area (Å²) in [5.74, 6) is -0.130. The van der Waals surface area contributed by atoms with E-state index >= 15 is 0 Å². The maximum absolute atomic E-state index is 13.3. The van der Waals surface area contributed by atoms with E-state index < -0.39 is 0 Å². The van der Waals surface area contributed by atoms with Crippen molar-refractivity contribution in [1.82, 2.24) is 0 Å². The van der Waals surface area contributed by atoms with Gasteiger partial charge >= 0.3 is 0 Å². The van der Waals surface area contributed by atoms with E-state index in [0.717, 1.165) is 19.5 Å². The van der Waals surface area contributed by atoms with Crippen LogP contribution in [-0.2, 0) is 0 Å². The first-order valence-corrected chi connectivity index (χ1v) is 6.53. The van der Waals surface area contributed by atoms with Crippen molar-refractivity contribution in [2.45, 2.75) is 4.90 Å². The van der Waals surface area contributed by atoms with Gasteiger partial charge in [-0.1, -0.05) is 0 Å². The average molecular weight is 277 g/mol. The number of benzene rings is 1. The minimum absolute atomic E-state index is 0.130. The van der Waals surface area contributed by atoms with Crippen LogP contribution >= 0.6 is 39.0 Å². The predicted octanol–water partition coefficient (Wildman–Crippen LogP) is 4.52. The summed E-state index contributed by atoms with van der Waals surface area (Å²) in [7, 11) is 0. The second-order valence-electron chi connectivity index (χ2n) is 2.54. The first kappa shape index (κ1) is 9.49. The molecular weight excluding hydrogens is 271 g/mol. The molecule has 2 aromatic rings.